The molecule has 0 aliphatic heterocycles. The standard InChI is InChI=1S/C12H17IN2O2S/c1-12(2,3)14-10(16)6-15(4)11(17)8-5-9(13)18-7-8/h5,7H,6H2,1-4H3,(H,14,16). The summed E-state index contributed by atoms with van der Waals surface area (Å²) < 4.78 is 1.06. The van der Waals surface area contributed by atoms with Crippen LogP contribution in [0.15, 0.2) is 11.4 Å². The molecular formula is C12H17IN2O2S. The highest BCUT2D eigenvalue weighted by molar-refractivity contribution is 14.1. The topological polar surface area (TPSA) is 49.4 Å². The van der Waals surface area contributed by atoms with Crippen LogP contribution in [-0.2, 0) is 4.79 Å². The van der Waals surface area contributed by atoms with Crippen molar-refractivity contribution >= 4 is 45.7 Å². The Bertz CT molecular complexity index is 451. The van der Waals surface area contributed by atoms with Crippen LogP contribution in [0.1, 0.15) is 31.1 Å². The van der Waals surface area contributed by atoms with Crippen LogP contribution in [0.4, 0.5) is 0 Å². The number of nitrogens with one attached hydrogen (secondary N) is 1. The van der Waals surface area contributed by atoms with E-state index >= 15 is 0 Å². The predicted molar refractivity (Wildman–Crippen MR) is 81.9 cm³/mol. The van der Waals surface area contributed by atoms with Crippen molar-refractivity contribution < 1.29 is 9.59 Å². The lowest BCUT2D eigenvalue weighted by atomic mass is 10.1. The second kappa shape index (κ2) is 6.01. The van der Waals surface area contributed by atoms with Gasteiger partial charge in [-0.25, -0.2) is 0 Å². The molecular weight excluding hydrogens is 363 g/mol. The fourth-order valence-electron chi connectivity index (χ4n) is 1.39. The third kappa shape index (κ3) is 4.93. The van der Waals surface area contributed by atoms with Gasteiger partial charge in [-0.2, -0.15) is 0 Å². The molecule has 0 aromatic carbocycles. The van der Waals surface area contributed by atoms with E-state index in [2.05, 4.69) is 27.9 Å². The quantitative estimate of drug-likeness (QED) is 0.819. The highest BCUT2D eigenvalue weighted by atomic mass is 127. The average Bonchev–Trinajstić information content (AvgIpc) is 2.60. The lowest BCUT2D eigenvalue weighted by Crippen LogP contribution is -2.46. The van der Waals surface area contributed by atoms with Gasteiger partial charge < -0.3 is 10.2 Å². The van der Waals surface area contributed by atoms with Crippen LogP contribution in [-0.4, -0.2) is 35.8 Å². The first-order valence-electron chi connectivity index (χ1n) is 5.49. The van der Waals surface area contributed by atoms with E-state index in [0.717, 1.165) is 2.88 Å². The third-order valence-corrected chi connectivity index (χ3v) is 3.85. The van der Waals surface area contributed by atoms with Crippen LogP contribution >= 0.6 is 33.9 Å². The van der Waals surface area contributed by atoms with Crippen molar-refractivity contribution in [1.29, 1.82) is 0 Å². The largest absolute Gasteiger partial charge is 0.350 e. The molecule has 1 N–H and O–H groups in total. The molecule has 1 rings (SSSR count). The first-order chi connectivity index (χ1) is 8.19. The van der Waals surface area contributed by atoms with E-state index in [1.54, 1.807) is 7.05 Å². The fraction of sp³-hybridized carbons (Fsp3) is 0.500. The maximum Gasteiger partial charge on any atom is 0.254 e. The Kier molecular flexibility index (Phi) is 5.15. The number of carbonyl (C=O) groups is 2. The number of thiophene rings is 1. The molecule has 1 heterocycles. The SMILES string of the molecule is CN(CC(=O)NC(C)(C)C)C(=O)c1csc(I)c1. The van der Waals surface area contributed by atoms with Crippen molar-refractivity contribution in [1.82, 2.24) is 10.2 Å². The van der Waals surface area contributed by atoms with Crippen LogP contribution in [0.3, 0.4) is 0 Å². The van der Waals surface area contributed by atoms with Gasteiger partial charge in [0.2, 0.25) is 5.91 Å². The van der Waals surface area contributed by atoms with Crippen molar-refractivity contribution in [3.8, 4) is 0 Å². The monoisotopic (exact) mass is 380 g/mol. The Morgan fingerprint density at radius 2 is 2.06 bits per heavy atom. The molecule has 0 fully saturated rings. The van der Waals surface area contributed by atoms with Crippen LogP contribution in [0, 0.1) is 2.88 Å². The first-order valence-corrected chi connectivity index (χ1v) is 7.45. The second-order valence-electron chi connectivity index (χ2n) is 5.10. The number of amides is 2. The van der Waals surface area contributed by atoms with Crippen molar-refractivity contribution in [2.24, 2.45) is 0 Å². The van der Waals surface area contributed by atoms with Crippen molar-refractivity contribution in [2.75, 3.05) is 13.6 Å². The van der Waals surface area contributed by atoms with E-state index in [9.17, 15) is 9.59 Å². The lowest BCUT2D eigenvalue weighted by molar-refractivity contribution is -0.122. The molecule has 0 saturated heterocycles. The number of likely N-dealkylation sites (N-methyl/N-ethyl adjacent to an activating group) is 1. The molecule has 0 radical (unpaired) electrons. The van der Waals surface area contributed by atoms with Gasteiger partial charge in [0.15, 0.2) is 0 Å². The molecule has 1 aromatic heterocycles. The maximum atomic E-state index is 12.0. The Labute approximate surface area is 125 Å². The summed E-state index contributed by atoms with van der Waals surface area (Å²) in [5, 5.41) is 4.64. The lowest BCUT2D eigenvalue weighted by Gasteiger charge is -2.23. The average molecular weight is 380 g/mol. The van der Waals surface area contributed by atoms with Gasteiger partial charge in [-0.1, -0.05) is 0 Å². The number of rotatable bonds is 3. The summed E-state index contributed by atoms with van der Waals surface area (Å²) in [6.07, 6.45) is 0. The molecule has 0 bridgehead atoms. The van der Waals surface area contributed by atoms with Crippen LogP contribution < -0.4 is 5.32 Å². The summed E-state index contributed by atoms with van der Waals surface area (Å²) in [5.74, 6) is -0.276. The van der Waals surface area contributed by atoms with Crippen molar-refractivity contribution in [3.05, 3.63) is 19.9 Å². The molecule has 0 aliphatic carbocycles. The number of carbonyl (C=O) groups excluding carboxylic acids is 2. The van der Waals surface area contributed by atoms with Gasteiger partial charge >= 0.3 is 0 Å². The molecule has 0 spiro atoms. The van der Waals surface area contributed by atoms with Crippen LogP contribution in [0.5, 0.6) is 0 Å². The van der Waals surface area contributed by atoms with E-state index in [1.165, 1.54) is 16.2 Å². The molecule has 100 valence electrons. The molecule has 1 aromatic rings. The maximum absolute atomic E-state index is 12.0. The molecule has 6 heteroatoms. The molecule has 2 amide bonds. The Hall–Kier alpha value is -0.630. The van der Waals surface area contributed by atoms with Crippen LogP contribution in [0.25, 0.3) is 0 Å². The highest BCUT2D eigenvalue weighted by Crippen LogP contribution is 2.17. The number of hydrogen-bond donors (Lipinski definition) is 1. The van der Waals surface area contributed by atoms with Crippen molar-refractivity contribution in [2.45, 2.75) is 26.3 Å². The second-order valence-corrected chi connectivity index (χ2v) is 7.90. The molecule has 0 saturated carbocycles. The Morgan fingerprint density at radius 1 is 1.44 bits per heavy atom. The summed E-state index contributed by atoms with van der Waals surface area (Å²) >= 11 is 3.69. The van der Waals surface area contributed by atoms with Gasteiger partial charge in [0.05, 0.1) is 15.0 Å². The molecule has 0 unspecified atom stereocenters. The van der Waals surface area contributed by atoms with E-state index in [-0.39, 0.29) is 23.9 Å². The summed E-state index contributed by atoms with van der Waals surface area (Å²) in [6.45, 7) is 5.80. The van der Waals surface area contributed by atoms with Gasteiger partial charge in [0, 0.05) is 18.0 Å². The van der Waals surface area contributed by atoms with Crippen molar-refractivity contribution in [3.63, 3.8) is 0 Å². The van der Waals surface area contributed by atoms with E-state index < -0.39 is 0 Å². The molecule has 18 heavy (non-hydrogen) atoms. The predicted octanol–water partition coefficient (Wildman–Crippen LogP) is 2.34. The van der Waals surface area contributed by atoms with Gasteiger partial charge in [0.25, 0.3) is 5.91 Å². The van der Waals surface area contributed by atoms with Crippen LogP contribution in [0.2, 0.25) is 0 Å². The first kappa shape index (κ1) is 15.4. The van der Waals surface area contributed by atoms with Gasteiger partial charge in [-0.15, -0.1) is 11.3 Å². The highest BCUT2D eigenvalue weighted by Gasteiger charge is 2.19. The smallest absolute Gasteiger partial charge is 0.254 e. The van der Waals surface area contributed by atoms with E-state index in [4.69, 9.17) is 0 Å². The zero-order valence-electron chi connectivity index (χ0n) is 10.9. The Morgan fingerprint density at radius 3 is 2.50 bits per heavy atom. The molecule has 0 aliphatic rings. The number of halogens is 1. The minimum absolute atomic E-state index is 0.0720. The van der Waals surface area contributed by atoms with Gasteiger partial charge in [-0.3, -0.25) is 9.59 Å². The molecule has 0 atom stereocenters. The summed E-state index contributed by atoms with van der Waals surface area (Å²) in [4.78, 5) is 25.1. The zero-order valence-corrected chi connectivity index (χ0v) is 13.9. The summed E-state index contributed by atoms with van der Waals surface area (Å²) in [7, 11) is 1.63. The summed E-state index contributed by atoms with van der Waals surface area (Å²) in [6, 6.07) is 1.83. The minimum Gasteiger partial charge on any atom is -0.350 e. The normalized spacial score (nSPS) is 11.2. The summed E-state index contributed by atoms with van der Waals surface area (Å²) in [5.41, 5.74) is 0.356. The van der Waals surface area contributed by atoms with E-state index in [1.807, 2.05) is 32.2 Å². The van der Waals surface area contributed by atoms with E-state index in [0.29, 0.717) is 5.56 Å². The third-order valence-electron chi connectivity index (χ3n) is 2.06. The minimum atomic E-state index is -0.279. The van der Waals surface area contributed by atoms with Gasteiger partial charge in [-0.05, 0) is 49.4 Å². The zero-order chi connectivity index (χ0) is 13.9. The fourth-order valence-corrected chi connectivity index (χ4v) is 2.71. The molecule has 4 nitrogen and oxygen atoms in total. The number of nitrogens with zero attached hydrogens (tertiary/aromatic N) is 1. The van der Waals surface area contributed by atoms with Gasteiger partial charge in [0.1, 0.15) is 0 Å². The Balaban J connectivity index is 2.58. The number of hydrogen-bond acceptors (Lipinski definition) is 3.